The van der Waals surface area contributed by atoms with Gasteiger partial charge in [-0.2, -0.15) is 13.2 Å². The molecule has 138 valence electrons. The van der Waals surface area contributed by atoms with Gasteiger partial charge in [0, 0.05) is 31.6 Å². The van der Waals surface area contributed by atoms with Gasteiger partial charge in [-0.15, -0.1) is 0 Å². The second-order valence-corrected chi connectivity index (χ2v) is 7.49. The first kappa shape index (κ1) is 19.6. The molecule has 0 aliphatic rings. The van der Waals surface area contributed by atoms with Gasteiger partial charge in [0.15, 0.2) is 0 Å². The minimum atomic E-state index is -4.89. The van der Waals surface area contributed by atoms with Gasteiger partial charge >= 0.3 is 6.18 Å². The number of hydrogen-bond donors (Lipinski definition) is 0. The first-order valence-corrected chi connectivity index (χ1v) is 9.37. The molecule has 0 aliphatic carbocycles. The Bertz CT molecular complexity index is 891. The number of carbonyl (C=O) groups is 1. The Morgan fingerprint density at radius 3 is 1.33 bits per heavy atom. The highest BCUT2D eigenvalue weighted by Crippen LogP contribution is 2.36. The van der Waals surface area contributed by atoms with Crippen molar-refractivity contribution in [1.29, 1.82) is 0 Å². The normalized spacial score (nSPS) is 11.3. The standard InChI is InChI=1S/C20H12Br2F3NO/c21-14-3-9-17(10-4-14)26(18-11-5-15(22)6-12-18)16-7-1-13(2-8-16)19(27)20(23,24)25/h1-12H. The Morgan fingerprint density at radius 2 is 1.00 bits per heavy atom. The van der Waals surface area contributed by atoms with E-state index in [4.69, 9.17) is 0 Å². The lowest BCUT2D eigenvalue weighted by molar-refractivity contribution is -0.0885. The van der Waals surface area contributed by atoms with Crippen molar-refractivity contribution in [2.24, 2.45) is 0 Å². The molecule has 0 saturated carbocycles. The van der Waals surface area contributed by atoms with Crippen LogP contribution >= 0.6 is 31.9 Å². The molecule has 0 atom stereocenters. The van der Waals surface area contributed by atoms with E-state index in [0.29, 0.717) is 5.69 Å². The lowest BCUT2D eigenvalue weighted by atomic mass is 10.1. The van der Waals surface area contributed by atoms with Crippen LogP contribution in [0.3, 0.4) is 0 Å². The number of Topliss-reactive ketones (excluding diaryl/α,β-unsaturated/α-hetero) is 1. The highest BCUT2D eigenvalue weighted by molar-refractivity contribution is 9.10. The van der Waals surface area contributed by atoms with Crippen LogP contribution in [0.5, 0.6) is 0 Å². The van der Waals surface area contributed by atoms with Crippen molar-refractivity contribution in [1.82, 2.24) is 0 Å². The van der Waals surface area contributed by atoms with Crippen LogP contribution in [0.15, 0.2) is 81.7 Å². The highest BCUT2D eigenvalue weighted by Gasteiger charge is 2.39. The molecule has 0 saturated heterocycles. The zero-order valence-corrected chi connectivity index (χ0v) is 16.8. The average Bonchev–Trinajstić information content (AvgIpc) is 2.64. The third kappa shape index (κ3) is 4.59. The molecule has 3 aromatic rings. The summed E-state index contributed by atoms with van der Waals surface area (Å²) in [5, 5.41) is 0. The van der Waals surface area contributed by atoms with Gasteiger partial charge in [-0.25, -0.2) is 0 Å². The number of ketones is 1. The van der Waals surface area contributed by atoms with E-state index in [1.165, 1.54) is 24.3 Å². The first-order valence-electron chi connectivity index (χ1n) is 7.78. The molecular weight excluding hydrogens is 487 g/mol. The van der Waals surface area contributed by atoms with Gasteiger partial charge in [-0.1, -0.05) is 31.9 Å². The number of rotatable bonds is 4. The van der Waals surface area contributed by atoms with E-state index in [1.54, 1.807) is 0 Å². The van der Waals surface area contributed by atoms with Crippen molar-refractivity contribution in [3.63, 3.8) is 0 Å². The fourth-order valence-corrected chi connectivity index (χ4v) is 3.08. The quantitative estimate of drug-likeness (QED) is 0.348. The van der Waals surface area contributed by atoms with Crippen molar-refractivity contribution in [2.75, 3.05) is 4.90 Å². The lowest BCUT2D eigenvalue weighted by Gasteiger charge is -2.25. The maximum atomic E-state index is 12.6. The minimum Gasteiger partial charge on any atom is -0.311 e. The van der Waals surface area contributed by atoms with Gasteiger partial charge in [-0.3, -0.25) is 4.79 Å². The third-order valence-corrected chi connectivity index (χ3v) is 4.87. The van der Waals surface area contributed by atoms with Gasteiger partial charge in [0.05, 0.1) is 0 Å². The van der Waals surface area contributed by atoms with Crippen LogP contribution in [0, 0.1) is 0 Å². The van der Waals surface area contributed by atoms with Crippen LogP contribution in [-0.2, 0) is 0 Å². The largest absolute Gasteiger partial charge is 0.454 e. The number of hydrogen-bond acceptors (Lipinski definition) is 2. The predicted octanol–water partition coefficient (Wildman–Crippen LogP) is 7.43. The molecule has 0 aliphatic heterocycles. The molecule has 0 aromatic heterocycles. The van der Waals surface area contributed by atoms with Crippen molar-refractivity contribution >= 4 is 54.7 Å². The molecule has 0 spiro atoms. The third-order valence-electron chi connectivity index (χ3n) is 3.81. The van der Waals surface area contributed by atoms with E-state index >= 15 is 0 Å². The van der Waals surface area contributed by atoms with E-state index in [1.807, 2.05) is 53.4 Å². The molecule has 0 radical (unpaired) electrons. The molecule has 7 heteroatoms. The molecular formula is C20H12Br2F3NO. The summed E-state index contributed by atoms with van der Waals surface area (Å²) in [6.45, 7) is 0. The molecule has 0 heterocycles. The Hall–Kier alpha value is -2.12. The lowest BCUT2D eigenvalue weighted by Crippen LogP contribution is -2.22. The number of anilines is 3. The fraction of sp³-hybridized carbons (Fsp3) is 0.0500. The van der Waals surface area contributed by atoms with Gasteiger partial charge < -0.3 is 4.90 Å². The van der Waals surface area contributed by atoms with E-state index in [2.05, 4.69) is 31.9 Å². The van der Waals surface area contributed by atoms with Crippen molar-refractivity contribution < 1.29 is 18.0 Å². The zero-order valence-electron chi connectivity index (χ0n) is 13.7. The summed E-state index contributed by atoms with van der Waals surface area (Å²) in [4.78, 5) is 13.3. The van der Waals surface area contributed by atoms with Crippen LogP contribution in [0.2, 0.25) is 0 Å². The van der Waals surface area contributed by atoms with Gasteiger partial charge in [0.1, 0.15) is 0 Å². The van der Waals surface area contributed by atoms with E-state index in [0.717, 1.165) is 20.3 Å². The van der Waals surface area contributed by atoms with E-state index in [-0.39, 0.29) is 0 Å². The number of carbonyl (C=O) groups excluding carboxylic acids is 1. The van der Waals surface area contributed by atoms with Gasteiger partial charge in [-0.05, 0) is 72.8 Å². The smallest absolute Gasteiger partial charge is 0.311 e. The van der Waals surface area contributed by atoms with Gasteiger partial charge in [0.25, 0.3) is 5.78 Å². The Morgan fingerprint density at radius 1 is 0.667 bits per heavy atom. The summed E-state index contributed by atoms with van der Waals surface area (Å²) < 4.78 is 39.7. The van der Waals surface area contributed by atoms with Gasteiger partial charge in [0.2, 0.25) is 0 Å². The first-order chi connectivity index (χ1) is 12.8. The number of halogens is 5. The minimum absolute atomic E-state index is 0.391. The number of nitrogens with zero attached hydrogens (tertiary/aromatic N) is 1. The predicted molar refractivity (Wildman–Crippen MR) is 107 cm³/mol. The van der Waals surface area contributed by atoms with Crippen LogP contribution in [0.4, 0.5) is 30.2 Å². The second-order valence-electron chi connectivity index (χ2n) is 5.66. The zero-order chi connectivity index (χ0) is 19.6. The summed E-state index contributed by atoms with van der Waals surface area (Å²) in [6, 6.07) is 20.5. The molecule has 0 fully saturated rings. The summed E-state index contributed by atoms with van der Waals surface area (Å²) in [7, 11) is 0. The van der Waals surface area contributed by atoms with Crippen molar-refractivity contribution in [3.8, 4) is 0 Å². The number of benzene rings is 3. The van der Waals surface area contributed by atoms with Crippen molar-refractivity contribution in [3.05, 3.63) is 87.3 Å². The Labute approximate surface area is 170 Å². The van der Waals surface area contributed by atoms with Crippen LogP contribution in [-0.4, -0.2) is 12.0 Å². The molecule has 0 unspecified atom stereocenters. The topological polar surface area (TPSA) is 20.3 Å². The van der Waals surface area contributed by atoms with Crippen LogP contribution < -0.4 is 4.90 Å². The maximum Gasteiger partial charge on any atom is 0.454 e. The molecule has 3 rings (SSSR count). The molecule has 0 bridgehead atoms. The van der Waals surface area contributed by atoms with Crippen LogP contribution in [0.1, 0.15) is 10.4 Å². The maximum absolute atomic E-state index is 12.6. The molecule has 0 N–H and O–H groups in total. The molecule has 27 heavy (non-hydrogen) atoms. The highest BCUT2D eigenvalue weighted by atomic mass is 79.9. The number of alkyl halides is 3. The molecule has 2 nitrogen and oxygen atoms in total. The summed E-state index contributed by atoms with van der Waals surface area (Å²) in [5.41, 5.74) is 1.90. The summed E-state index contributed by atoms with van der Waals surface area (Å²) >= 11 is 6.78. The average molecular weight is 499 g/mol. The van der Waals surface area contributed by atoms with E-state index < -0.39 is 17.5 Å². The van der Waals surface area contributed by atoms with E-state index in [9.17, 15) is 18.0 Å². The monoisotopic (exact) mass is 497 g/mol. The fourth-order valence-electron chi connectivity index (χ4n) is 2.55. The summed E-state index contributed by atoms with van der Waals surface area (Å²) in [6.07, 6.45) is -4.89. The second kappa shape index (κ2) is 7.86. The van der Waals surface area contributed by atoms with Crippen LogP contribution in [0.25, 0.3) is 0 Å². The summed E-state index contributed by atoms with van der Waals surface area (Å²) in [5.74, 6) is -1.85. The Kier molecular flexibility index (Phi) is 5.72. The van der Waals surface area contributed by atoms with Crippen molar-refractivity contribution in [2.45, 2.75) is 6.18 Å². The SMILES string of the molecule is O=C(c1ccc(N(c2ccc(Br)cc2)c2ccc(Br)cc2)cc1)C(F)(F)F. The molecule has 3 aromatic carbocycles. The Balaban J connectivity index is 2.04. The molecule has 0 amide bonds.